The summed E-state index contributed by atoms with van der Waals surface area (Å²) >= 11 is 2.93. The van der Waals surface area contributed by atoms with Crippen LogP contribution in [-0.2, 0) is 28.1 Å². The molecule has 0 bridgehead atoms. The first kappa shape index (κ1) is 22.1. The van der Waals surface area contributed by atoms with Crippen LogP contribution < -0.4 is 10.9 Å². The van der Waals surface area contributed by atoms with E-state index < -0.39 is 12.8 Å². The van der Waals surface area contributed by atoms with E-state index in [9.17, 15) is 22.8 Å². The average Bonchev–Trinajstić information content (AvgIpc) is 3.20. The van der Waals surface area contributed by atoms with Gasteiger partial charge >= 0.3 is 6.18 Å². The predicted octanol–water partition coefficient (Wildman–Crippen LogP) is 3.18. The van der Waals surface area contributed by atoms with E-state index in [2.05, 4.69) is 20.0 Å². The quantitative estimate of drug-likeness (QED) is 0.545. The number of thiophene rings is 1. The van der Waals surface area contributed by atoms with Crippen molar-refractivity contribution in [2.75, 3.05) is 25.5 Å². The number of nitrogens with one attached hydrogen (secondary N) is 2. The summed E-state index contributed by atoms with van der Waals surface area (Å²) in [6, 6.07) is 0. The molecule has 0 radical (unpaired) electrons. The fourth-order valence-electron chi connectivity index (χ4n) is 3.15. The maximum Gasteiger partial charge on any atom is 0.411 e. The molecule has 1 aliphatic carbocycles. The van der Waals surface area contributed by atoms with Gasteiger partial charge in [-0.25, -0.2) is 4.98 Å². The molecule has 3 rings (SSSR count). The number of unbranched alkanes of at least 4 members (excludes halogenated alkanes) is 1. The molecule has 0 unspecified atom stereocenters. The molecule has 2 aromatic heterocycles. The Morgan fingerprint density at radius 3 is 2.93 bits per heavy atom. The van der Waals surface area contributed by atoms with E-state index in [-0.39, 0.29) is 23.8 Å². The van der Waals surface area contributed by atoms with Gasteiger partial charge in [-0.15, -0.1) is 23.1 Å². The van der Waals surface area contributed by atoms with Crippen LogP contribution >= 0.6 is 23.1 Å². The number of alkyl halides is 3. The smallest absolute Gasteiger partial charge is 0.372 e. The van der Waals surface area contributed by atoms with Gasteiger partial charge in [-0.3, -0.25) is 9.59 Å². The topological polar surface area (TPSA) is 84.1 Å². The van der Waals surface area contributed by atoms with Crippen molar-refractivity contribution >= 4 is 39.2 Å². The van der Waals surface area contributed by atoms with Gasteiger partial charge in [0, 0.05) is 18.0 Å². The van der Waals surface area contributed by atoms with Crippen molar-refractivity contribution in [3.8, 4) is 0 Å². The van der Waals surface area contributed by atoms with Crippen LogP contribution in [0.4, 0.5) is 13.2 Å². The summed E-state index contributed by atoms with van der Waals surface area (Å²) in [4.78, 5) is 33.6. The van der Waals surface area contributed by atoms with Gasteiger partial charge in [0.05, 0.1) is 16.9 Å². The number of aromatic amines is 1. The third-order valence-corrected chi connectivity index (χ3v) is 6.53. The monoisotopic (exact) mass is 449 g/mol. The zero-order chi connectivity index (χ0) is 20.9. The summed E-state index contributed by atoms with van der Waals surface area (Å²) < 4.78 is 40.2. The Kier molecular flexibility index (Phi) is 7.58. The number of aryl methyl sites for hydroxylation is 2. The number of thioether (sulfide) groups is 1. The Morgan fingerprint density at radius 2 is 2.14 bits per heavy atom. The first-order chi connectivity index (χ1) is 13.8. The number of amides is 1. The fourth-order valence-corrected chi connectivity index (χ4v) is 5.15. The minimum Gasteiger partial charge on any atom is -0.372 e. The Labute approximate surface area is 173 Å². The second-order valence-electron chi connectivity index (χ2n) is 6.77. The molecule has 2 heterocycles. The number of rotatable bonds is 10. The number of carbonyl (C=O) groups excluding carboxylic acids is 1. The van der Waals surface area contributed by atoms with Crippen molar-refractivity contribution in [2.45, 2.75) is 44.0 Å². The van der Waals surface area contributed by atoms with Crippen LogP contribution in [-0.4, -0.2) is 47.6 Å². The molecule has 0 spiro atoms. The zero-order valence-corrected chi connectivity index (χ0v) is 17.3. The molecule has 0 atom stereocenters. The summed E-state index contributed by atoms with van der Waals surface area (Å²) in [7, 11) is 0. The van der Waals surface area contributed by atoms with Crippen molar-refractivity contribution in [3.63, 3.8) is 0 Å². The molecule has 0 saturated heterocycles. The molecule has 0 aromatic carbocycles. The van der Waals surface area contributed by atoms with Crippen molar-refractivity contribution in [2.24, 2.45) is 0 Å². The Balaban J connectivity index is 1.34. The lowest BCUT2D eigenvalue weighted by Crippen LogP contribution is -2.26. The second kappa shape index (κ2) is 9.94. The highest BCUT2D eigenvalue weighted by Gasteiger charge is 2.27. The number of H-pyrrole nitrogens is 1. The van der Waals surface area contributed by atoms with Crippen molar-refractivity contribution in [1.82, 2.24) is 15.3 Å². The van der Waals surface area contributed by atoms with Gasteiger partial charge in [0.15, 0.2) is 0 Å². The van der Waals surface area contributed by atoms with E-state index in [1.807, 2.05) is 0 Å². The van der Waals surface area contributed by atoms with Crippen LogP contribution in [0.15, 0.2) is 4.79 Å². The van der Waals surface area contributed by atoms with Crippen LogP contribution in [0, 0.1) is 0 Å². The lowest BCUT2D eigenvalue weighted by molar-refractivity contribution is -0.174. The molecular formula is C18H22F3N3O3S2. The summed E-state index contributed by atoms with van der Waals surface area (Å²) in [6.07, 6.45) is -0.290. The minimum absolute atomic E-state index is 0.0117. The summed E-state index contributed by atoms with van der Waals surface area (Å²) in [6.45, 7) is -0.847. The van der Waals surface area contributed by atoms with Gasteiger partial charge in [0.2, 0.25) is 5.91 Å². The van der Waals surface area contributed by atoms with E-state index in [0.717, 1.165) is 29.7 Å². The largest absolute Gasteiger partial charge is 0.411 e. The SMILES string of the molecule is O=C(CSCc1nc2sc3c(c2c(=O)[nH]1)CCC3)NCCCCOCC(F)(F)F. The zero-order valence-electron chi connectivity index (χ0n) is 15.7. The molecule has 0 fully saturated rings. The molecule has 2 aromatic rings. The molecule has 6 nitrogen and oxygen atoms in total. The van der Waals surface area contributed by atoms with Crippen molar-refractivity contribution in [3.05, 3.63) is 26.6 Å². The summed E-state index contributed by atoms with van der Waals surface area (Å²) in [5.74, 6) is 1.03. The first-order valence-corrected chi connectivity index (χ1v) is 11.3. The number of halogens is 3. The molecule has 1 aliphatic rings. The first-order valence-electron chi connectivity index (χ1n) is 9.36. The van der Waals surface area contributed by atoms with E-state index in [4.69, 9.17) is 0 Å². The van der Waals surface area contributed by atoms with E-state index in [0.29, 0.717) is 36.3 Å². The van der Waals surface area contributed by atoms with Gasteiger partial charge in [-0.1, -0.05) is 0 Å². The van der Waals surface area contributed by atoms with Gasteiger partial charge < -0.3 is 15.0 Å². The highest BCUT2D eigenvalue weighted by Crippen LogP contribution is 2.34. The number of aromatic nitrogens is 2. The third kappa shape index (κ3) is 6.45. The maximum atomic E-state index is 12.4. The highest BCUT2D eigenvalue weighted by atomic mass is 32.2. The Morgan fingerprint density at radius 1 is 1.31 bits per heavy atom. The van der Waals surface area contributed by atoms with Gasteiger partial charge in [0.25, 0.3) is 5.56 Å². The number of fused-ring (bicyclic) bond motifs is 3. The van der Waals surface area contributed by atoms with Crippen LogP contribution in [0.5, 0.6) is 0 Å². The van der Waals surface area contributed by atoms with Crippen molar-refractivity contribution < 1.29 is 22.7 Å². The molecule has 2 N–H and O–H groups in total. The maximum absolute atomic E-state index is 12.4. The van der Waals surface area contributed by atoms with Crippen LogP contribution in [0.25, 0.3) is 10.2 Å². The lowest BCUT2D eigenvalue weighted by atomic mass is 10.2. The second-order valence-corrected chi connectivity index (χ2v) is 8.84. The molecule has 1 amide bonds. The normalized spacial score (nSPS) is 13.8. The Hall–Kier alpha value is -1.59. The highest BCUT2D eigenvalue weighted by molar-refractivity contribution is 7.99. The van der Waals surface area contributed by atoms with Crippen molar-refractivity contribution in [1.29, 1.82) is 0 Å². The standard InChI is InChI=1S/C18H22F3N3O3S2/c19-18(20,21)10-27-7-2-1-6-22-14(25)9-28-8-13-23-16(26)15-11-4-3-5-12(11)29-17(15)24-13/h1-10H2,(H,22,25)(H,23,24,26). The van der Waals surface area contributed by atoms with E-state index >= 15 is 0 Å². The number of ether oxygens (including phenoxy) is 1. The van der Waals surface area contributed by atoms with Crippen LogP contribution in [0.1, 0.15) is 35.5 Å². The third-order valence-electron chi connectivity index (χ3n) is 4.40. The van der Waals surface area contributed by atoms with Crippen LogP contribution in [0.2, 0.25) is 0 Å². The molecule has 11 heteroatoms. The summed E-state index contributed by atoms with van der Waals surface area (Å²) in [5, 5.41) is 3.43. The number of hydrogen-bond donors (Lipinski definition) is 2. The molecule has 160 valence electrons. The molecule has 0 aliphatic heterocycles. The number of carbonyl (C=O) groups is 1. The van der Waals surface area contributed by atoms with Gasteiger partial charge in [-0.05, 0) is 37.7 Å². The van der Waals surface area contributed by atoms with Gasteiger partial charge in [-0.2, -0.15) is 13.2 Å². The molecule has 29 heavy (non-hydrogen) atoms. The predicted molar refractivity (Wildman–Crippen MR) is 108 cm³/mol. The minimum atomic E-state index is -4.31. The fraction of sp³-hybridized carbons (Fsp3) is 0.611. The molecule has 0 saturated carbocycles. The van der Waals surface area contributed by atoms with Crippen LogP contribution in [0.3, 0.4) is 0 Å². The average molecular weight is 450 g/mol. The van der Waals surface area contributed by atoms with E-state index in [1.165, 1.54) is 16.6 Å². The lowest BCUT2D eigenvalue weighted by Gasteiger charge is -2.08. The molecular weight excluding hydrogens is 427 g/mol. The van der Waals surface area contributed by atoms with Gasteiger partial charge in [0.1, 0.15) is 17.3 Å². The number of hydrogen-bond acceptors (Lipinski definition) is 6. The van der Waals surface area contributed by atoms with E-state index in [1.54, 1.807) is 11.3 Å². The number of nitrogens with zero attached hydrogens (tertiary/aromatic N) is 1. The summed E-state index contributed by atoms with van der Waals surface area (Å²) in [5.41, 5.74) is 1.03. The Bertz CT molecular complexity index is 911.